The Hall–Kier alpha value is -1.13. The highest BCUT2D eigenvalue weighted by molar-refractivity contribution is 7.91. The summed E-state index contributed by atoms with van der Waals surface area (Å²) in [5.41, 5.74) is 2.47. The largest absolute Gasteiger partial charge is 0.309 e. The van der Waals surface area contributed by atoms with Crippen LogP contribution in [0.1, 0.15) is 32.3 Å². The molecule has 1 fully saturated rings. The molecule has 1 unspecified atom stereocenters. The topological polar surface area (TPSA) is 46.2 Å². The Morgan fingerprint density at radius 1 is 1.33 bits per heavy atom. The Morgan fingerprint density at radius 2 is 2.05 bits per heavy atom. The molecule has 0 saturated carbocycles. The summed E-state index contributed by atoms with van der Waals surface area (Å²) >= 11 is 0. The van der Waals surface area contributed by atoms with Crippen molar-refractivity contribution in [3.05, 3.63) is 42.0 Å². The van der Waals surface area contributed by atoms with Gasteiger partial charge in [-0.15, -0.1) is 0 Å². The van der Waals surface area contributed by atoms with Crippen molar-refractivity contribution in [3.63, 3.8) is 0 Å². The van der Waals surface area contributed by atoms with Gasteiger partial charge in [0.05, 0.1) is 11.5 Å². The number of hydrogen-bond acceptors (Lipinski definition) is 3. The standard InChI is InChI=1S/C17H25NO2S/c1-14(2)8-9-16(15-6-4-3-5-7-15)12-18-17-10-11-21(19,20)13-17/h3-7,9,14,17-18H,8,10-13H2,1-2H3/b16-9+. The summed E-state index contributed by atoms with van der Waals surface area (Å²) in [6.07, 6.45) is 4.04. The Balaban J connectivity index is 2.02. The van der Waals surface area contributed by atoms with E-state index in [0.29, 0.717) is 11.7 Å². The van der Waals surface area contributed by atoms with Gasteiger partial charge in [0.2, 0.25) is 0 Å². The average Bonchev–Trinajstić information content (AvgIpc) is 2.79. The van der Waals surface area contributed by atoms with Crippen molar-refractivity contribution < 1.29 is 8.42 Å². The molecule has 1 aliphatic rings. The Kier molecular flexibility index (Phi) is 5.59. The number of nitrogens with one attached hydrogen (secondary N) is 1. The van der Waals surface area contributed by atoms with Crippen LogP contribution in [0.15, 0.2) is 36.4 Å². The van der Waals surface area contributed by atoms with E-state index in [1.165, 1.54) is 11.1 Å². The first-order chi connectivity index (χ1) is 9.96. The third kappa shape index (κ3) is 5.29. The van der Waals surface area contributed by atoms with Gasteiger partial charge in [-0.2, -0.15) is 0 Å². The minimum atomic E-state index is -2.82. The predicted octanol–water partition coefficient (Wildman–Crippen LogP) is 2.89. The van der Waals surface area contributed by atoms with Gasteiger partial charge < -0.3 is 5.32 Å². The maximum atomic E-state index is 11.5. The summed E-state index contributed by atoms with van der Waals surface area (Å²) in [7, 11) is -2.82. The molecule has 3 nitrogen and oxygen atoms in total. The summed E-state index contributed by atoms with van der Waals surface area (Å²) in [4.78, 5) is 0. The van der Waals surface area contributed by atoms with E-state index in [1.807, 2.05) is 18.2 Å². The molecule has 1 aromatic carbocycles. The van der Waals surface area contributed by atoms with E-state index < -0.39 is 9.84 Å². The third-order valence-electron chi connectivity index (χ3n) is 3.79. The summed E-state index contributed by atoms with van der Waals surface area (Å²) in [6.45, 7) is 5.14. The fourth-order valence-corrected chi connectivity index (χ4v) is 4.24. The lowest BCUT2D eigenvalue weighted by Crippen LogP contribution is -2.31. The summed E-state index contributed by atoms with van der Waals surface area (Å²) < 4.78 is 23.0. The zero-order chi connectivity index (χ0) is 15.3. The van der Waals surface area contributed by atoms with Crippen molar-refractivity contribution in [2.24, 2.45) is 5.92 Å². The number of allylic oxidation sites excluding steroid dienone is 1. The van der Waals surface area contributed by atoms with Gasteiger partial charge in [0.1, 0.15) is 0 Å². The van der Waals surface area contributed by atoms with E-state index in [9.17, 15) is 8.42 Å². The quantitative estimate of drug-likeness (QED) is 0.879. The van der Waals surface area contributed by atoms with Crippen LogP contribution < -0.4 is 5.32 Å². The molecule has 0 spiro atoms. The van der Waals surface area contributed by atoms with Crippen molar-refractivity contribution in [2.45, 2.75) is 32.7 Å². The maximum Gasteiger partial charge on any atom is 0.151 e. The molecule has 0 aromatic heterocycles. The van der Waals surface area contributed by atoms with Gasteiger partial charge in [-0.05, 0) is 29.9 Å². The molecular formula is C17H25NO2S. The molecule has 1 N–H and O–H groups in total. The molecule has 1 aliphatic heterocycles. The molecule has 0 amide bonds. The molecule has 0 aliphatic carbocycles. The van der Waals surface area contributed by atoms with Gasteiger partial charge in [-0.3, -0.25) is 0 Å². The first-order valence-corrected chi connectivity index (χ1v) is 9.46. The lowest BCUT2D eigenvalue weighted by molar-refractivity contribution is 0.586. The second-order valence-electron chi connectivity index (χ2n) is 6.21. The molecule has 1 atom stereocenters. The van der Waals surface area contributed by atoms with Crippen molar-refractivity contribution in [2.75, 3.05) is 18.1 Å². The van der Waals surface area contributed by atoms with E-state index in [0.717, 1.165) is 19.4 Å². The van der Waals surface area contributed by atoms with Crippen molar-refractivity contribution in [1.29, 1.82) is 0 Å². The summed E-state index contributed by atoms with van der Waals surface area (Å²) in [5, 5.41) is 3.41. The molecule has 1 aromatic rings. The molecular weight excluding hydrogens is 282 g/mol. The van der Waals surface area contributed by atoms with E-state index in [-0.39, 0.29) is 11.8 Å². The zero-order valence-corrected chi connectivity index (χ0v) is 13.7. The fraction of sp³-hybridized carbons (Fsp3) is 0.529. The van der Waals surface area contributed by atoms with Gasteiger partial charge in [-0.1, -0.05) is 50.3 Å². The molecule has 21 heavy (non-hydrogen) atoms. The van der Waals surface area contributed by atoms with Gasteiger partial charge in [0.15, 0.2) is 9.84 Å². The van der Waals surface area contributed by atoms with Gasteiger partial charge in [0, 0.05) is 12.6 Å². The fourth-order valence-electron chi connectivity index (χ4n) is 2.53. The second-order valence-corrected chi connectivity index (χ2v) is 8.43. The molecule has 0 radical (unpaired) electrons. The monoisotopic (exact) mass is 307 g/mol. The van der Waals surface area contributed by atoms with Crippen molar-refractivity contribution >= 4 is 15.4 Å². The summed E-state index contributed by atoms with van der Waals surface area (Å²) in [6, 6.07) is 10.4. The Bertz CT molecular complexity index is 576. The SMILES string of the molecule is CC(C)C/C=C(\CNC1CCS(=O)(=O)C1)c1ccccc1. The maximum absolute atomic E-state index is 11.5. The zero-order valence-electron chi connectivity index (χ0n) is 12.9. The lowest BCUT2D eigenvalue weighted by Gasteiger charge is -2.14. The molecule has 4 heteroatoms. The van der Waals surface area contributed by atoms with Crippen LogP contribution in [0.2, 0.25) is 0 Å². The number of benzene rings is 1. The van der Waals surface area contributed by atoms with Crippen LogP contribution in [0.25, 0.3) is 5.57 Å². The molecule has 1 saturated heterocycles. The van der Waals surface area contributed by atoms with Crippen LogP contribution in [0, 0.1) is 5.92 Å². The molecule has 1 heterocycles. The van der Waals surface area contributed by atoms with Gasteiger partial charge in [-0.25, -0.2) is 8.42 Å². The van der Waals surface area contributed by atoms with Crippen molar-refractivity contribution in [1.82, 2.24) is 5.32 Å². The minimum Gasteiger partial charge on any atom is -0.309 e. The third-order valence-corrected chi connectivity index (χ3v) is 5.56. The van der Waals surface area contributed by atoms with Gasteiger partial charge >= 0.3 is 0 Å². The highest BCUT2D eigenvalue weighted by Gasteiger charge is 2.27. The first-order valence-electron chi connectivity index (χ1n) is 7.64. The predicted molar refractivity (Wildman–Crippen MR) is 88.9 cm³/mol. The number of hydrogen-bond donors (Lipinski definition) is 1. The van der Waals surface area contributed by atoms with Crippen LogP contribution in [0.5, 0.6) is 0 Å². The Labute approximate surface area is 128 Å². The smallest absolute Gasteiger partial charge is 0.151 e. The van der Waals surface area contributed by atoms with Crippen LogP contribution in [0.4, 0.5) is 0 Å². The first kappa shape index (κ1) is 16.2. The lowest BCUT2D eigenvalue weighted by atomic mass is 10.0. The van der Waals surface area contributed by atoms with E-state index in [1.54, 1.807) is 0 Å². The van der Waals surface area contributed by atoms with E-state index >= 15 is 0 Å². The minimum absolute atomic E-state index is 0.0983. The molecule has 0 bridgehead atoms. The average molecular weight is 307 g/mol. The summed E-state index contributed by atoms with van der Waals surface area (Å²) in [5.74, 6) is 1.22. The van der Waals surface area contributed by atoms with Crippen molar-refractivity contribution in [3.8, 4) is 0 Å². The molecule has 2 rings (SSSR count). The van der Waals surface area contributed by atoms with E-state index in [4.69, 9.17) is 0 Å². The van der Waals surface area contributed by atoms with Crippen LogP contribution in [0.3, 0.4) is 0 Å². The Morgan fingerprint density at radius 3 is 2.62 bits per heavy atom. The van der Waals surface area contributed by atoms with Crippen LogP contribution >= 0.6 is 0 Å². The molecule has 116 valence electrons. The highest BCUT2D eigenvalue weighted by atomic mass is 32.2. The van der Waals surface area contributed by atoms with Crippen LogP contribution in [-0.2, 0) is 9.84 Å². The number of rotatable bonds is 6. The second kappa shape index (κ2) is 7.23. The van der Waals surface area contributed by atoms with E-state index in [2.05, 4.69) is 37.4 Å². The normalized spacial score (nSPS) is 21.9. The van der Waals surface area contributed by atoms with Gasteiger partial charge in [0.25, 0.3) is 0 Å². The number of sulfone groups is 1. The highest BCUT2D eigenvalue weighted by Crippen LogP contribution is 2.18. The van der Waals surface area contributed by atoms with Crippen LogP contribution in [-0.4, -0.2) is 32.5 Å².